The maximum absolute atomic E-state index is 9.58. The Morgan fingerprint density at radius 2 is 2.31 bits per heavy atom. The van der Waals surface area contributed by atoms with Crippen LogP contribution >= 0.6 is 11.8 Å². The molecule has 1 atom stereocenters. The minimum atomic E-state index is -0.485. The third-order valence-corrected chi connectivity index (χ3v) is 2.96. The summed E-state index contributed by atoms with van der Waals surface area (Å²) >= 11 is 1.40. The molecule has 0 radical (unpaired) electrons. The molecular formula is C11H12N2O2S. The normalized spacial score (nSPS) is 12.6. The van der Waals surface area contributed by atoms with E-state index in [1.165, 1.54) is 18.0 Å². The third kappa shape index (κ3) is 2.62. The summed E-state index contributed by atoms with van der Waals surface area (Å²) in [7, 11) is 0. The molecule has 0 unspecified atom stereocenters. The number of pyridine rings is 1. The first-order valence-corrected chi connectivity index (χ1v) is 5.82. The fourth-order valence-corrected chi connectivity index (χ4v) is 1.88. The van der Waals surface area contributed by atoms with Gasteiger partial charge in [0.1, 0.15) is 6.26 Å². The molecule has 5 heteroatoms. The van der Waals surface area contributed by atoms with E-state index in [4.69, 9.17) is 4.42 Å². The van der Waals surface area contributed by atoms with Crippen molar-refractivity contribution in [2.45, 2.75) is 29.6 Å². The Labute approximate surface area is 97.7 Å². The molecule has 0 aromatic carbocycles. The molecule has 0 saturated carbocycles. The molecule has 0 aliphatic heterocycles. The highest BCUT2D eigenvalue weighted by Gasteiger charge is 2.07. The Bertz CT molecular complexity index is 428. The monoisotopic (exact) mass is 236 g/mol. The predicted molar refractivity (Wildman–Crippen MR) is 60.1 cm³/mol. The van der Waals surface area contributed by atoms with Crippen molar-refractivity contribution in [3.05, 3.63) is 36.5 Å². The molecule has 0 fully saturated rings. The second kappa shape index (κ2) is 5.14. The van der Waals surface area contributed by atoms with Crippen LogP contribution in [0, 0.1) is 0 Å². The molecule has 16 heavy (non-hydrogen) atoms. The van der Waals surface area contributed by atoms with Crippen molar-refractivity contribution >= 4 is 11.8 Å². The molecule has 1 N–H and O–H groups in total. The van der Waals surface area contributed by atoms with Gasteiger partial charge in [-0.05, 0) is 30.3 Å². The maximum Gasteiger partial charge on any atom is 0.260 e. The molecule has 0 saturated heterocycles. The highest BCUT2D eigenvalue weighted by Crippen LogP contribution is 2.26. The van der Waals surface area contributed by atoms with Gasteiger partial charge in [-0.3, -0.25) is 4.98 Å². The van der Waals surface area contributed by atoms with Crippen LogP contribution in [-0.2, 0) is 0 Å². The van der Waals surface area contributed by atoms with E-state index < -0.39 is 6.10 Å². The molecule has 2 aromatic heterocycles. The van der Waals surface area contributed by atoms with Gasteiger partial charge in [0.2, 0.25) is 0 Å². The smallest absolute Gasteiger partial charge is 0.260 e. The van der Waals surface area contributed by atoms with E-state index >= 15 is 0 Å². The second-order valence-corrected chi connectivity index (χ2v) is 4.27. The van der Waals surface area contributed by atoms with Gasteiger partial charge in [0.05, 0.1) is 18.0 Å². The van der Waals surface area contributed by atoms with E-state index in [9.17, 15) is 5.11 Å². The van der Waals surface area contributed by atoms with E-state index in [2.05, 4.69) is 9.97 Å². The molecular weight excluding hydrogens is 224 g/mol. The number of hydrogen-bond donors (Lipinski definition) is 1. The molecule has 2 heterocycles. The first-order chi connectivity index (χ1) is 7.79. The highest BCUT2D eigenvalue weighted by molar-refractivity contribution is 7.99. The first kappa shape index (κ1) is 11.2. The van der Waals surface area contributed by atoms with E-state index in [1.807, 2.05) is 19.1 Å². The van der Waals surface area contributed by atoms with Gasteiger partial charge in [-0.25, -0.2) is 4.98 Å². The zero-order valence-corrected chi connectivity index (χ0v) is 9.65. The number of aliphatic hydroxyl groups is 1. The summed E-state index contributed by atoms with van der Waals surface area (Å²) in [4.78, 5) is 9.13. The van der Waals surface area contributed by atoms with Crippen LogP contribution in [-0.4, -0.2) is 15.1 Å². The Kier molecular flexibility index (Phi) is 3.58. The summed E-state index contributed by atoms with van der Waals surface area (Å²) in [6, 6.07) is 3.72. The van der Waals surface area contributed by atoms with Gasteiger partial charge < -0.3 is 9.52 Å². The lowest BCUT2D eigenvalue weighted by Gasteiger charge is -2.06. The lowest BCUT2D eigenvalue weighted by molar-refractivity contribution is 0.169. The van der Waals surface area contributed by atoms with E-state index in [-0.39, 0.29) is 0 Å². The van der Waals surface area contributed by atoms with Gasteiger partial charge in [-0.1, -0.05) is 6.92 Å². The van der Waals surface area contributed by atoms with Crippen LogP contribution in [0.15, 0.2) is 45.3 Å². The highest BCUT2D eigenvalue weighted by atomic mass is 32.2. The quantitative estimate of drug-likeness (QED) is 0.884. The van der Waals surface area contributed by atoms with Crippen LogP contribution in [0.5, 0.6) is 0 Å². The van der Waals surface area contributed by atoms with Crippen LogP contribution in [0.4, 0.5) is 0 Å². The van der Waals surface area contributed by atoms with Crippen molar-refractivity contribution in [3.8, 4) is 0 Å². The predicted octanol–water partition coefficient (Wildman–Crippen LogP) is 2.66. The molecule has 0 aliphatic rings. The number of hydrogen-bond acceptors (Lipinski definition) is 5. The van der Waals surface area contributed by atoms with E-state index in [0.717, 1.165) is 4.90 Å². The van der Waals surface area contributed by atoms with Crippen molar-refractivity contribution in [1.29, 1.82) is 0 Å². The molecule has 84 valence electrons. The molecule has 0 spiro atoms. The average molecular weight is 236 g/mol. The summed E-state index contributed by atoms with van der Waals surface area (Å²) < 4.78 is 5.11. The largest absolute Gasteiger partial charge is 0.440 e. The van der Waals surface area contributed by atoms with Crippen molar-refractivity contribution < 1.29 is 9.52 Å². The van der Waals surface area contributed by atoms with Crippen LogP contribution in [0.1, 0.15) is 25.1 Å². The lowest BCUT2D eigenvalue weighted by atomic mass is 10.2. The molecule has 0 amide bonds. The van der Waals surface area contributed by atoms with Gasteiger partial charge in [0.25, 0.3) is 5.22 Å². The third-order valence-electron chi connectivity index (χ3n) is 2.10. The van der Waals surface area contributed by atoms with Crippen LogP contribution in [0.3, 0.4) is 0 Å². The fourth-order valence-electron chi connectivity index (χ4n) is 1.22. The number of nitrogens with zero attached hydrogens (tertiary/aromatic N) is 2. The SMILES string of the molecule is CC[C@H](O)c1ccc(Sc2ncco2)cn1. The summed E-state index contributed by atoms with van der Waals surface area (Å²) in [5.41, 5.74) is 0.694. The number of oxazole rings is 1. The second-order valence-electron chi connectivity index (χ2n) is 3.24. The topological polar surface area (TPSA) is 59.2 Å². The van der Waals surface area contributed by atoms with E-state index in [0.29, 0.717) is 17.3 Å². The van der Waals surface area contributed by atoms with Crippen molar-refractivity contribution in [1.82, 2.24) is 9.97 Å². The van der Waals surface area contributed by atoms with Crippen LogP contribution in [0.25, 0.3) is 0 Å². The zero-order chi connectivity index (χ0) is 11.4. The lowest BCUT2D eigenvalue weighted by Crippen LogP contribution is -1.97. The van der Waals surface area contributed by atoms with Gasteiger partial charge in [-0.2, -0.15) is 0 Å². The van der Waals surface area contributed by atoms with Crippen molar-refractivity contribution in [3.63, 3.8) is 0 Å². The Balaban J connectivity index is 2.07. The number of aliphatic hydroxyl groups excluding tert-OH is 1. The molecule has 0 aliphatic carbocycles. The molecule has 0 bridgehead atoms. The van der Waals surface area contributed by atoms with Crippen LogP contribution < -0.4 is 0 Å². The maximum atomic E-state index is 9.58. The van der Waals surface area contributed by atoms with Gasteiger partial charge in [0, 0.05) is 11.1 Å². The first-order valence-electron chi connectivity index (χ1n) is 5.01. The average Bonchev–Trinajstić information content (AvgIpc) is 2.82. The Morgan fingerprint density at radius 3 is 2.88 bits per heavy atom. The van der Waals surface area contributed by atoms with Gasteiger partial charge in [0.15, 0.2) is 0 Å². The summed E-state index contributed by atoms with van der Waals surface area (Å²) in [5, 5.41) is 10.2. The molecule has 2 aromatic rings. The summed E-state index contributed by atoms with van der Waals surface area (Å²) in [6.07, 6.45) is 5.03. The zero-order valence-electron chi connectivity index (χ0n) is 8.83. The summed E-state index contributed by atoms with van der Waals surface area (Å²) in [6.45, 7) is 1.92. The minimum absolute atomic E-state index is 0.485. The van der Waals surface area contributed by atoms with Crippen molar-refractivity contribution in [2.75, 3.05) is 0 Å². The number of rotatable bonds is 4. The van der Waals surface area contributed by atoms with E-state index in [1.54, 1.807) is 12.4 Å². The van der Waals surface area contributed by atoms with Gasteiger partial charge in [-0.15, -0.1) is 0 Å². The molecule has 2 rings (SSSR count). The Hall–Kier alpha value is -1.33. The van der Waals surface area contributed by atoms with Gasteiger partial charge >= 0.3 is 0 Å². The molecule has 4 nitrogen and oxygen atoms in total. The van der Waals surface area contributed by atoms with Crippen molar-refractivity contribution in [2.24, 2.45) is 0 Å². The fraction of sp³-hybridized carbons (Fsp3) is 0.273. The Morgan fingerprint density at radius 1 is 1.44 bits per heavy atom. The summed E-state index contributed by atoms with van der Waals surface area (Å²) in [5.74, 6) is 0. The van der Waals surface area contributed by atoms with Crippen LogP contribution in [0.2, 0.25) is 0 Å². The standard InChI is InChI=1S/C11H12N2O2S/c1-2-10(14)9-4-3-8(7-13-9)16-11-12-5-6-15-11/h3-7,10,14H,2H2,1H3/t10-/m0/s1. The minimum Gasteiger partial charge on any atom is -0.440 e. The number of aromatic nitrogens is 2.